The standard InChI is InChI=1S/C22H30N4O/c1-2-3-7-12-23-21-16-20(24-17-25-21)22(27)26-13-10-19(11-14-26)15-18-8-5-4-6-9-18/h4-6,8-9,16-17,19H,2-3,7,10-15H2,1H3,(H,23,24,25). The molecule has 0 unspecified atom stereocenters. The van der Waals surface area contributed by atoms with Crippen LogP contribution in [0.3, 0.4) is 0 Å². The second kappa shape index (κ2) is 10.0. The van der Waals surface area contributed by atoms with Gasteiger partial charge in [-0.25, -0.2) is 9.97 Å². The van der Waals surface area contributed by atoms with Crippen molar-refractivity contribution in [1.29, 1.82) is 0 Å². The predicted octanol–water partition coefficient (Wildman–Crippen LogP) is 4.17. The van der Waals surface area contributed by atoms with E-state index in [0.29, 0.717) is 11.6 Å². The molecule has 27 heavy (non-hydrogen) atoms. The van der Waals surface area contributed by atoms with Crippen molar-refractivity contribution in [3.8, 4) is 0 Å². The number of carbonyl (C=O) groups is 1. The average Bonchev–Trinajstić information content (AvgIpc) is 2.72. The van der Waals surface area contributed by atoms with Crippen LogP contribution < -0.4 is 5.32 Å². The second-order valence-corrected chi connectivity index (χ2v) is 7.35. The van der Waals surface area contributed by atoms with Crippen molar-refractivity contribution in [3.63, 3.8) is 0 Å². The average molecular weight is 367 g/mol. The fraction of sp³-hybridized carbons (Fsp3) is 0.500. The van der Waals surface area contributed by atoms with E-state index in [-0.39, 0.29) is 5.91 Å². The molecule has 1 aliphatic rings. The number of aromatic nitrogens is 2. The molecular formula is C22H30N4O. The molecule has 1 saturated heterocycles. The maximum absolute atomic E-state index is 12.8. The molecule has 0 bridgehead atoms. The molecule has 0 spiro atoms. The Bertz CT molecular complexity index is 711. The normalized spacial score (nSPS) is 14.9. The number of likely N-dealkylation sites (tertiary alicyclic amines) is 1. The van der Waals surface area contributed by atoms with Crippen LogP contribution in [0.2, 0.25) is 0 Å². The van der Waals surface area contributed by atoms with E-state index in [0.717, 1.165) is 51.1 Å². The van der Waals surface area contributed by atoms with Crippen LogP contribution in [-0.2, 0) is 6.42 Å². The van der Waals surface area contributed by atoms with Gasteiger partial charge in [0.15, 0.2) is 0 Å². The van der Waals surface area contributed by atoms with Gasteiger partial charge in [-0.15, -0.1) is 0 Å². The highest BCUT2D eigenvalue weighted by atomic mass is 16.2. The molecule has 144 valence electrons. The summed E-state index contributed by atoms with van der Waals surface area (Å²) in [5, 5.41) is 3.29. The Labute approximate surface area is 162 Å². The van der Waals surface area contributed by atoms with Crippen molar-refractivity contribution in [3.05, 3.63) is 54.0 Å². The lowest BCUT2D eigenvalue weighted by molar-refractivity contribution is 0.0684. The van der Waals surface area contributed by atoms with Gasteiger partial charge in [0.25, 0.3) is 5.91 Å². The van der Waals surface area contributed by atoms with Gasteiger partial charge < -0.3 is 10.2 Å². The van der Waals surface area contributed by atoms with Crippen LogP contribution in [0.25, 0.3) is 0 Å². The van der Waals surface area contributed by atoms with E-state index in [4.69, 9.17) is 0 Å². The van der Waals surface area contributed by atoms with Gasteiger partial charge in [-0.3, -0.25) is 4.79 Å². The minimum Gasteiger partial charge on any atom is -0.370 e. The summed E-state index contributed by atoms with van der Waals surface area (Å²) >= 11 is 0. The van der Waals surface area contributed by atoms with Crippen LogP contribution in [0.4, 0.5) is 5.82 Å². The third-order valence-corrected chi connectivity index (χ3v) is 5.24. The quantitative estimate of drug-likeness (QED) is 0.712. The Morgan fingerprint density at radius 3 is 2.67 bits per heavy atom. The number of unbranched alkanes of at least 4 members (excludes halogenated alkanes) is 2. The third kappa shape index (κ3) is 5.78. The molecule has 3 rings (SSSR count). The first kappa shape index (κ1) is 19.3. The second-order valence-electron chi connectivity index (χ2n) is 7.35. The molecule has 5 nitrogen and oxygen atoms in total. The number of nitrogens with one attached hydrogen (secondary N) is 1. The zero-order valence-electron chi connectivity index (χ0n) is 16.2. The lowest BCUT2D eigenvalue weighted by Gasteiger charge is -2.32. The SMILES string of the molecule is CCCCCNc1cc(C(=O)N2CCC(Cc3ccccc3)CC2)ncn1. The van der Waals surface area contributed by atoms with Crippen LogP contribution in [0.5, 0.6) is 0 Å². The number of nitrogens with zero attached hydrogens (tertiary/aromatic N) is 3. The van der Waals surface area contributed by atoms with Crippen LogP contribution in [0, 0.1) is 5.92 Å². The fourth-order valence-electron chi connectivity index (χ4n) is 3.61. The van der Waals surface area contributed by atoms with Gasteiger partial charge in [-0.1, -0.05) is 50.1 Å². The summed E-state index contributed by atoms with van der Waals surface area (Å²) < 4.78 is 0. The van der Waals surface area contributed by atoms with Gasteiger partial charge in [-0.05, 0) is 37.2 Å². The van der Waals surface area contributed by atoms with E-state index >= 15 is 0 Å². The highest BCUT2D eigenvalue weighted by Crippen LogP contribution is 2.22. The number of benzene rings is 1. The number of carbonyl (C=O) groups excluding carboxylic acids is 1. The van der Waals surface area contributed by atoms with Gasteiger partial charge in [-0.2, -0.15) is 0 Å². The minimum absolute atomic E-state index is 0.0205. The molecule has 2 aromatic rings. The molecule has 0 saturated carbocycles. The molecule has 2 heterocycles. The Balaban J connectivity index is 1.50. The summed E-state index contributed by atoms with van der Waals surface area (Å²) in [4.78, 5) is 23.2. The molecule has 1 N–H and O–H groups in total. The molecule has 0 atom stereocenters. The van der Waals surface area contributed by atoms with Gasteiger partial charge in [0.05, 0.1) is 0 Å². The van der Waals surface area contributed by atoms with Gasteiger partial charge in [0.2, 0.25) is 0 Å². The zero-order chi connectivity index (χ0) is 18.9. The van der Waals surface area contributed by atoms with E-state index in [1.165, 1.54) is 24.7 Å². The monoisotopic (exact) mass is 366 g/mol. The molecule has 1 aromatic heterocycles. The number of hydrogen-bond donors (Lipinski definition) is 1. The van der Waals surface area contributed by atoms with Crippen molar-refractivity contribution in [2.75, 3.05) is 25.0 Å². The summed E-state index contributed by atoms with van der Waals surface area (Å²) in [5.41, 5.74) is 1.88. The summed E-state index contributed by atoms with van der Waals surface area (Å²) in [5.74, 6) is 1.41. The number of piperidine rings is 1. The van der Waals surface area contributed by atoms with Crippen molar-refractivity contribution in [2.24, 2.45) is 5.92 Å². The molecular weight excluding hydrogens is 336 g/mol. The number of anilines is 1. The lowest BCUT2D eigenvalue weighted by atomic mass is 9.90. The number of amides is 1. The van der Waals surface area contributed by atoms with Gasteiger partial charge >= 0.3 is 0 Å². The first-order valence-electron chi connectivity index (χ1n) is 10.2. The summed E-state index contributed by atoms with van der Waals surface area (Å²) in [6, 6.07) is 12.4. The van der Waals surface area contributed by atoms with Crippen molar-refractivity contribution in [1.82, 2.24) is 14.9 Å². The highest BCUT2D eigenvalue weighted by Gasteiger charge is 2.24. The fourth-order valence-corrected chi connectivity index (χ4v) is 3.61. The first-order chi connectivity index (χ1) is 13.3. The van der Waals surface area contributed by atoms with Crippen molar-refractivity contribution in [2.45, 2.75) is 45.4 Å². The maximum Gasteiger partial charge on any atom is 0.272 e. The molecule has 5 heteroatoms. The minimum atomic E-state index is 0.0205. The summed E-state index contributed by atoms with van der Waals surface area (Å²) in [6.45, 7) is 4.67. The highest BCUT2D eigenvalue weighted by molar-refractivity contribution is 5.92. The predicted molar refractivity (Wildman–Crippen MR) is 109 cm³/mol. The molecule has 1 aliphatic heterocycles. The largest absolute Gasteiger partial charge is 0.370 e. The van der Waals surface area contributed by atoms with Crippen molar-refractivity contribution >= 4 is 11.7 Å². The Hall–Kier alpha value is -2.43. The molecule has 0 aliphatic carbocycles. The van der Waals surface area contributed by atoms with E-state index in [9.17, 15) is 4.79 Å². The number of hydrogen-bond acceptors (Lipinski definition) is 4. The van der Waals surface area contributed by atoms with Gasteiger partial charge in [0, 0.05) is 25.7 Å². The van der Waals surface area contributed by atoms with Crippen LogP contribution in [0.1, 0.15) is 55.1 Å². The summed E-state index contributed by atoms with van der Waals surface area (Å²) in [6.07, 6.45) is 8.18. The third-order valence-electron chi connectivity index (χ3n) is 5.24. The molecule has 0 radical (unpaired) electrons. The number of rotatable bonds is 8. The van der Waals surface area contributed by atoms with Crippen molar-refractivity contribution < 1.29 is 4.79 Å². The topological polar surface area (TPSA) is 58.1 Å². The lowest BCUT2D eigenvalue weighted by Crippen LogP contribution is -2.39. The molecule has 1 fully saturated rings. The molecule has 1 amide bonds. The Kier molecular flexibility index (Phi) is 7.19. The van der Waals surface area contributed by atoms with E-state index in [2.05, 4.69) is 52.5 Å². The smallest absolute Gasteiger partial charge is 0.272 e. The van der Waals surface area contributed by atoms with E-state index in [1.807, 2.05) is 4.90 Å². The summed E-state index contributed by atoms with van der Waals surface area (Å²) in [7, 11) is 0. The Morgan fingerprint density at radius 1 is 1.15 bits per heavy atom. The van der Waals surface area contributed by atoms with Crippen LogP contribution in [0.15, 0.2) is 42.7 Å². The van der Waals surface area contributed by atoms with Crippen LogP contribution >= 0.6 is 0 Å². The molecule has 1 aromatic carbocycles. The Morgan fingerprint density at radius 2 is 1.93 bits per heavy atom. The van der Waals surface area contributed by atoms with Crippen LogP contribution in [-0.4, -0.2) is 40.4 Å². The van der Waals surface area contributed by atoms with E-state index in [1.54, 1.807) is 6.07 Å². The van der Waals surface area contributed by atoms with E-state index < -0.39 is 0 Å². The zero-order valence-corrected chi connectivity index (χ0v) is 16.2. The first-order valence-corrected chi connectivity index (χ1v) is 10.2. The maximum atomic E-state index is 12.8. The van der Waals surface area contributed by atoms with Gasteiger partial charge in [0.1, 0.15) is 17.8 Å².